The second-order valence-electron chi connectivity index (χ2n) is 4.73. The molecule has 0 bridgehead atoms. The van der Waals surface area contributed by atoms with Crippen LogP contribution in [0, 0.1) is 6.92 Å². The molecule has 0 saturated carbocycles. The SMILES string of the molecule is Cc1nc2c(Cl)cccc2c(N2CCNCC2)c1Cl. The Labute approximate surface area is 122 Å². The Morgan fingerprint density at radius 3 is 2.68 bits per heavy atom. The Morgan fingerprint density at radius 2 is 1.95 bits per heavy atom. The number of hydrogen-bond acceptors (Lipinski definition) is 3. The number of hydrogen-bond donors (Lipinski definition) is 1. The molecular weight excluding hydrogens is 281 g/mol. The van der Waals surface area contributed by atoms with Crippen LogP contribution in [0.5, 0.6) is 0 Å². The molecule has 100 valence electrons. The van der Waals surface area contributed by atoms with Gasteiger partial charge < -0.3 is 10.2 Å². The van der Waals surface area contributed by atoms with Gasteiger partial charge in [-0.2, -0.15) is 0 Å². The van der Waals surface area contributed by atoms with Crippen molar-refractivity contribution in [2.45, 2.75) is 6.92 Å². The van der Waals surface area contributed by atoms with Crippen LogP contribution in [0.2, 0.25) is 10.0 Å². The molecule has 1 saturated heterocycles. The van der Waals surface area contributed by atoms with Crippen LogP contribution in [0.1, 0.15) is 5.69 Å². The van der Waals surface area contributed by atoms with Crippen LogP contribution in [0.3, 0.4) is 0 Å². The van der Waals surface area contributed by atoms with Crippen molar-refractivity contribution in [1.29, 1.82) is 0 Å². The molecule has 1 aromatic heterocycles. The maximum Gasteiger partial charge on any atom is 0.0913 e. The van der Waals surface area contributed by atoms with Gasteiger partial charge in [0.15, 0.2) is 0 Å². The van der Waals surface area contributed by atoms with Gasteiger partial charge in [-0.25, -0.2) is 4.98 Å². The summed E-state index contributed by atoms with van der Waals surface area (Å²) in [6.07, 6.45) is 0. The molecule has 3 rings (SSSR count). The van der Waals surface area contributed by atoms with Crippen LogP contribution in [-0.4, -0.2) is 31.2 Å². The van der Waals surface area contributed by atoms with Crippen LogP contribution in [0.15, 0.2) is 18.2 Å². The lowest BCUT2D eigenvalue weighted by atomic mass is 10.1. The second-order valence-corrected chi connectivity index (χ2v) is 5.52. The van der Waals surface area contributed by atoms with E-state index in [1.54, 1.807) is 0 Å². The van der Waals surface area contributed by atoms with Crippen LogP contribution in [0.25, 0.3) is 10.9 Å². The summed E-state index contributed by atoms with van der Waals surface area (Å²) in [6, 6.07) is 5.85. The highest BCUT2D eigenvalue weighted by Gasteiger charge is 2.19. The molecule has 5 heteroatoms. The monoisotopic (exact) mass is 295 g/mol. The molecule has 1 fully saturated rings. The number of nitrogens with one attached hydrogen (secondary N) is 1. The fourth-order valence-corrected chi connectivity index (χ4v) is 3.00. The summed E-state index contributed by atoms with van der Waals surface area (Å²) in [5.74, 6) is 0. The summed E-state index contributed by atoms with van der Waals surface area (Å²) in [5, 5.41) is 5.79. The van der Waals surface area contributed by atoms with E-state index in [0.717, 1.165) is 53.5 Å². The number of halogens is 2. The predicted molar refractivity (Wildman–Crippen MR) is 81.6 cm³/mol. The summed E-state index contributed by atoms with van der Waals surface area (Å²) < 4.78 is 0. The molecule has 1 aromatic carbocycles. The number of nitrogens with zero attached hydrogens (tertiary/aromatic N) is 2. The molecule has 2 aromatic rings. The van der Waals surface area contributed by atoms with E-state index in [-0.39, 0.29) is 0 Å². The second kappa shape index (κ2) is 5.16. The number of pyridine rings is 1. The molecule has 0 spiro atoms. The minimum atomic E-state index is 0.675. The van der Waals surface area contributed by atoms with Gasteiger partial charge in [-0.1, -0.05) is 35.3 Å². The first-order valence-corrected chi connectivity index (χ1v) is 7.14. The van der Waals surface area contributed by atoms with Crippen molar-refractivity contribution in [3.8, 4) is 0 Å². The summed E-state index contributed by atoms with van der Waals surface area (Å²) >= 11 is 12.7. The van der Waals surface area contributed by atoms with Gasteiger partial charge in [-0.05, 0) is 13.0 Å². The molecule has 19 heavy (non-hydrogen) atoms. The van der Waals surface area contributed by atoms with Crippen molar-refractivity contribution in [2.75, 3.05) is 31.1 Å². The predicted octanol–water partition coefficient (Wildman–Crippen LogP) is 3.26. The van der Waals surface area contributed by atoms with E-state index >= 15 is 0 Å². The molecule has 0 aliphatic carbocycles. The third-order valence-corrected chi connectivity index (χ3v) is 4.24. The fourth-order valence-electron chi connectivity index (χ4n) is 2.52. The van der Waals surface area contributed by atoms with Crippen molar-refractivity contribution < 1.29 is 0 Å². The first kappa shape index (κ1) is 13.0. The van der Waals surface area contributed by atoms with Gasteiger partial charge in [-0.3, -0.25) is 0 Å². The van der Waals surface area contributed by atoms with E-state index < -0.39 is 0 Å². The highest BCUT2D eigenvalue weighted by molar-refractivity contribution is 6.38. The topological polar surface area (TPSA) is 28.2 Å². The number of anilines is 1. The average Bonchev–Trinajstić information content (AvgIpc) is 2.42. The third kappa shape index (κ3) is 2.27. The zero-order valence-corrected chi connectivity index (χ0v) is 12.2. The minimum absolute atomic E-state index is 0.675. The third-order valence-electron chi connectivity index (χ3n) is 3.48. The maximum atomic E-state index is 6.49. The van der Waals surface area contributed by atoms with Gasteiger partial charge in [0, 0.05) is 31.6 Å². The van der Waals surface area contributed by atoms with Gasteiger partial charge in [-0.15, -0.1) is 0 Å². The van der Waals surface area contributed by atoms with E-state index in [2.05, 4.69) is 15.2 Å². The molecule has 2 heterocycles. The number of rotatable bonds is 1. The van der Waals surface area contributed by atoms with Gasteiger partial charge in [0.1, 0.15) is 0 Å². The Hall–Kier alpha value is -1.03. The van der Waals surface area contributed by atoms with Crippen molar-refractivity contribution in [3.05, 3.63) is 33.9 Å². The molecule has 1 N–H and O–H groups in total. The zero-order chi connectivity index (χ0) is 13.4. The van der Waals surface area contributed by atoms with Crippen molar-refractivity contribution in [3.63, 3.8) is 0 Å². The van der Waals surface area contributed by atoms with Crippen molar-refractivity contribution in [2.24, 2.45) is 0 Å². The number of benzene rings is 1. The highest BCUT2D eigenvalue weighted by atomic mass is 35.5. The largest absolute Gasteiger partial charge is 0.367 e. The van der Waals surface area contributed by atoms with Gasteiger partial charge in [0.05, 0.1) is 26.9 Å². The molecule has 3 nitrogen and oxygen atoms in total. The lowest BCUT2D eigenvalue weighted by molar-refractivity contribution is 0.590. The first-order valence-electron chi connectivity index (χ1n) is 6.38. The highest BCUT2D eigenvalue weighted by Crippen LogP contribution is 2.37. The lowest BCUT2D eigenvalue weighted by Crippen LogP contribution is -2.43. The van der Waals surface area contributed by atoms with E-state index in [0.29, 0.717) is 5.02 Å². The van der Waals surface area contributed by atoms with E-state index in [1.807, 2.05) is 25.1 Å². The van der Waals surface area contributed by atoms with Crippen LogP contribution in [-0.2, 0) is 0 Å². The van der Waals surface area contributed by atoms with Gasteiger partial charge in [0.25, 0.3) is 0 Å². The van der Waals surface area contributed by atoms with Crippen LogP contribution < -0.4 is 10.2 Å². The van der Waals surface area contributed by atoms with Crippen LogP contribution in [0.4, 0.5) is 5.69 Å². The maximum absolute atomic E-state index is 6.49. The fraction of sp³-hybridized carbons (Fsp3) is 0.357. The molecule has 1 aliphatic heterocycles. The first-order chi connectivity index (χ1) is 9.18. The lowest BCUT2D eigenvalue weighted by Gasteiger charge is -2.31. The van der Waals surface area contributed by atoms with Crippen molar-refractivity contribution in [1.82, 2.24) is 10.3 Å². The van der Waals surface area contributed by atoms with Crippen molar-refractivity contribution >= 4 is 39.8 Å². The standard InChI is InChI=1S/C14H15Cl2N3/c1-9-12(16)14(19-7-5-17-6-8-19)10-3-2-4-11(15)13(10)18-9/h2-4,17H,5-8H2,1H3. The normalized spacial score (nSPS) is 16.1. The minimum Gasteiger partial charge on any atom is -0.367 e. The molecule has 0 amide bonds. The quantitative estimate of drug-likeness (QED) is 0.875. The number of piperazine rings is 1. The number of aryl methyl sites for hydroxylation is 1. The van der Waals surface area contributed by atoms with E-state index in [4.69, 9.17) is 23.2 Å². The molecular formula is C14H15Cl2N3. The summed E-state index contributed by atoms with van der Waals surface area (Å²) in [6.45, 7) is 5.77. The number of aromatic nitrogens is 1. The smallest absolute Gasteiger partial charge is 0.0913 e. The Kier molecular flexibility index (Phi) is 3.52. The number of para-hydroxylation sites is 1. The number of fused-ring (bicyclic) bond motifs is 1. The Balaban J connectivity index is 2.25. The van der Waals surface area contributed by atoms with Crippen LogP contribution >= 0.6 is 23.2 Å². The Morgan fingerprint density at radius 1 is 1.21 bits per heavy atom. The molecule has 0 radical (unpaired) electrons. The summed E-state index contributed by atoms with van der Waals surface area (Å²) in [5.41, 5.74) is 2.73. The van der Waals surface area contributed by atoms with Gasteiger partial charge in [0.2, 0.25) is 0 Å². The Bertz CT molecular complexity index is 622. The van der Waals surface area contributed by atoms with E-state index in [1.165, 1.54) is 0 Å². The molecule has 0 atom stereocenters. The summed E-state index contributed by atoms with van der Waals surface area (Å²) in [7, 11) is 0. The van der Waals surface area contributed by atoms with Gasteiger partial charge >= 0.3 is 0 Å². The summed E-state index contributed by atoms with van der Waals surface area (Å²) in [4.78, 5) is 6.84. The molecule has 0 unspecified atom stereocenters. The average molecular weight is 296 g/mol. The zero-order valence-electron chi connectivity index (χ0n) is 10.7. The molecule has 1 aliphatic rings. The van der Waals surface area contributed by atoms with E-state index in [9.17, 15) is 0 Å².